The fourth-order valence-corrected chi connectivity index (χ4v) is 3.11. The van der Waals surface area contributed by atoms with E-state index in [-0.39, 0.29) is 0 Å². The lowest BCUT2D eigenvalue weighted by atomic mass is 10.0. The van der Waals surface area contributed by atoms with Crippen LogP contribution in [0.4, 0.5) is 23.0 Å². The highest BCUT2D eigenvalue weighted by molar-refractivity contribution is 6.50. The first-order valence-electron chi connectivity index (χ1n) is 9.95. The highest BCUT2D eigenvalue weighted by Gasteiger charge is 2.21. The van der Waals surface area contributed by atoms with Crippen molar-refractivity contribution < 1.29 is 21.7 Å². The number of benzene rings is 3. The van der Waals surface area contributed by atoms with Crippen LogP contribution in [0.3, 0.4) is 0 Å². The smallest absolute Gasteiger partial charge is 0.418 e. The van der Waals surface area contributed by atoms with Crippen LogP contribution in [-0.4, -0.2) is 21.3 Å². The fraction of sp³-hybridized carbons (Fsp3) is 0.0800. The Hall–Kier alpha value is -3.61. The minimum atomic E-state index is -6.00. The van der Waals surface area contributed by atoms with E-state index in [9.17, 15) is 17.3 Å². The number of hydrogen-bond acceptors (Lipinski definition) is 1. The van der Waals surface area contributed by atoms with Gasteiger partial charge in [0.05, 0.1) is 23.3 Å². The molecule has 32 heavy (non-hydrogen) atoms. The van der Waals surface area contributed by atoms with Crippen molar-refractivity contribution in [1.29, 1.82) is 0 Å². The van der Waals surface area contributed by atoms with Crippen molar-refractivity contribution in [2.45, 2.75) is 0 Å². The Bertz CT molecular complexity index is 1070. The number of halogens is 4. The van der Waals surface area contributed by atoms with Crippen LogP contribution < -0.4 is 4.90 Å². The van der Waals surface area contributed by atoms with Crippen LogP contribution in [0.15, 0.2) is 101 Å². The molecule has 0 amide bonds. The monoisotopic (exact) mass is 439 g/mol. The van der Waals surface area contributed by atoms with E-state index in [0.717, 1.165) is 28.2 Å². The van der Waals surface area contributed by atoms with Crippen molar-refractivity contribution in [1.82, 2.24) is 0 Å². The molecule has 0 unspecified atom stereocenters. The van der Waals surface area contributed by atoms with Gasteiger partial charge in [0, 0.05) is 25.3 Å². The van der Waals surface area contributed by atoms with E-state index in [1.165, 1.54) is 11.3 Å². The summed E-state index contributed by atoms with van der Waals surface area (Å²) in [7, 11) is -1.89. The molecule has 0 bridgehead atoms. The zero-order valence-electron chi connectivity index (χ0n) is 17.7. The molecule has 1 heterocycles. The quantitative estimate of drug-likeness (QED) is 0.182. The molecule has 0 saturated carbocycles. The standard InChI is InChI=1S/C25H22NO.BF4/c1-26(2)23-15-13-19(14-16-23)22-17-24(20-9-5-3-6-10-20)27-25(18-22)21-11-7-4-8-12-21;2-1(3,4)5/h3-18H,1-2H3;/q+1;-1. The van der Waals surface area contributed by atoms with Gasteiger partial charge in [0.2, 0.25) is 0 Å². The molecule has 3 aromatic carbocycles. The largest absolute Gasteiger partial charge is 0.673 e. The maximum absolute atomic E-state index is 9.75. The normalized spacial score (nSPS) is 10.8. The van der Waals surface area contributed by atoms with Crippen LogP contribution in [0.1, 0.15) is 0 Å². The first kappa shape index (κ1) is 23.1. The fourth-order valence-electron chi connectivity index (χ4n) is 3.11. The van der Waals surface area contributed by atoms with Crippen molar-refractivity contribution >= 4 is 12.9 Å². The molecule has 0 saturated heterocycles. The van der Waals surface area contributed by atoms with Gasteiger partial charge in [-0.2, -0.15) is 0 Å². The Balaban J connectivity index is 0.000000523. The maximum atomic E-state index is 9.75. The van der Waals surface area contributed by atoms with Crippen LogP contribution >= 0.6 is 0 Å². The van der Waals surface area contributed by atoms with Crippen molar-refractivity contribution in [2.24, 2.45) is 0 Å². The average Bonchev–Trinajstić information content (AvgIpc) is 2.79. The van der Waals surface area contributed by atoms with Gasteiger partial charge in [-0.1, -0.05) is 48.5 Å². The average molecular weight is 439 g/mol. The molecule has 4 rings (SSSR count). The highest BCUT2D eigenvalue weighted by atomic mass is 19.5. The molecule has 0 atom stereocenters. The van der Waals surface area contributed by atoms with Gasteiger partial charge in [-0.15, -0.1) is 0 Å². The molecule has 2 nitrogen and oxygen atoms in total. The zero-order valence-corrected chi connectivity index (χ0v) is 17.7. The van der Waals surface area contributed by atoms with Gasteiger partial charge in [-0.05, 0) is 42.0 Å². The topological polar surface area (TPSA) is 14.5 Å². The Morgan fingerprint density at radius 1 is 0.562 bits per heavy atom. The molecule has 0 aliphatic heterocycles. The second-order valence-electron chi connectivity index (χ2n) is 7.24. The summed E-state index contributed by atoms with van der Waals surface area (Å²) in [6.45, 7) is 0. The minimum absolute atomic E-state index is 0.864. The van der Waals surface area contributed by atoms with Gasteiger partial charge in [0.25, 0.3) is 0 Å². The Morgan fingerprint density at radius 3 is 1.34 bits per heavy atom. The predicted molar refractivity (Wildman–Crippen MR) is 124 cm³/mol. The zero-order chi connectivity index (χ0) is 23.1. The molecular weight excluding hydrogens is 417 g/mol. The van der Waals surface area contributed by atoms with E-state index in [1.54, 1.807) is 0 Å². The minimum Gasteiger partial charge on any atom is -0.418 e. The highest BCUT2D eigenvalue weighted by Crippen LogP contribution is 2.33. The molecule has 0 radical (unpaired) electrons. The molecule has 0 aliphatic rings. The third-order valence-electron chi connectivity index (χ3n) is 4.63. The van der Waals surface area contributed by atoms with Gasteiger partial charge >= 0.3 is 18.8 Å². The van der Waals surface area contributed by atoms with Crippen molar-refractivity contribution in [2.75, 3.05) is 19.0 Å². The van der Waals surface area contributed by atoms with Crippen LogP contribution in [-0.2, 0) is 0 Å². The summed E-state index contributed by atoms with van der Waals surface area (Å²) < 4.78 is 45.3. The second-order valence-corrected chi connectivity index (χ2v) is 7.24. The van der Waals surface area contributed by atoms with Crippen molar-refractivity contribution in [3.63, 3.8) is 0 Å². The Kier molecular flexibility index (Phi) is 7.31. The summed E-state index contributed by atoms with van der Waals surface area (Å²) >= 11 is 0. The lowest BCUT2D eigenvalue weighted by Crippen LogP contribution is -2.07. The molecule has 7 heteroatoms. The molecule has 0 aliphatic carbocycles. The molecule has 164 valence electrons. The van der Waals surface area contributed by atoms with Crippen molar-refractivity contribution in [3.05, 3.63) is 97.1 Å². The van der Waals surface area contributed by atoms with Gasteiger partial charge in [-0.25, -0.2) is 4.42 Å². The first-order chi connectivity index (χ1) is 15.2. The van der Waals surface area contributed by atoms with Gasteiger partial charge in [-0.3, -0.25) is 0 Å². The first-order valence-corrected chi connectivity index (χ1v) is 9.95. The van der Waals surface area contributed by atoms with Crippen LogP contribution in [0, 0.1) is 0 Å². The number of hydrogen-bond donors (Lipinski definition) is 0. The molecule has 1 aromatic heterocycles. The molecule has 4 aromatic rings. The summed E-state index contributed by atoms with van der Waals surface area (Å²) in [6, 6.07) is 33.3. The summed E-state index contributed by atoms with van der Waals surface area (Å²) in [5.74, 6) is 1.73. The third kappa shape index (κ3) is 6.70. The van der Waals surface area contributed by atoms with Gasteiger partial charge in [0.15, 0.2) is 0 Å². The molecule has 0 fully saturated rings. The molecule has 0 N–H and O–H groups in total. The Labute approximate surface area is 184 Å². The van der Waals surface area contributed by atoms with E-state index < -0.39 is 7.25 Å². The van der Waals surface area contributed by atoms with E-state index in [1.807, 2.05) is 36.4 Å². The lowest BCUT2D eigenvalue weighted by Gasteiger charge is -2.12. The molecule has 0 spiro atoms. The molecular formula is C25H22BF4NO. The van der Waals surface area contributed by atoms with Gasteiger partial charge < -0.3 is 22.2 Å². The maximum Gasteiger partial charge on any atom is 0.673 e. The van der Waals surface area contributed by atoms with E-state index in [2.05, 4.69) is 79.7 Å². The summed E-state index contributed by atoms with van der Waals surface area (Å²) in [5, 5.41) is 0. The van der Waals surface area contributed by atoms with Crippen molar-refractivity contribution in [3.8, 4) is 33.8 Å². The van der Waals surface area contributed by atoms with Gasteiger partial charge in [0.1, 0.15) is 0 Å². The lowest BCUT2D eigenvalue weighted by molar-refractivity contribution is 0.368. The summed E-state index contributed by atoms with van der Waals surface area (Å²) in [6.07, 6.45) is 0. The predicted octanol–water partition coefficient (Wildman–Crippen LogP) is 7.93. The Morgan fingerprint density at radius 2 is 0.969 bits per heavy atom. The SMILES string of the molecule is CN(C)c1ccc(-c2cc(-c3ccccc3)[o+]c(-c3ccccc3)c2)cc1.F[B-](F)(F)F. The van der Waals surface area contributed by atoms with E-state index >= 15 is 0 Å². The summed E-state index contributed by atoms with van der Waals surface area (Å²) in [5.41, 5.74) is 5.64. The number of nitrogens with zero attached hydrogens (tertiary/aromatic N) is 1. The number of anilines is 1. The third-order valence-corrected chi connectivity index (χ3v) is 4.63. The number of rotatable bonds is 4. The van der Waals surface area contributed by atoms with Crippen LogP contribution in [0.25, 0.3) is 33.8 Å². The van der Waals surface area contributed by atoms with E-state index in [4.69, 9.17) is 4.42 Å². The second kappa shape index (κ2) is 10.1. The summed E-state index contributed by atoms with van der Waals surface area (Å²) in [4.78, 5) is 2.11. The van der Waals surface area contributed by atoms with Crippen LogP contribution in [0.5, 0.6) is 0 Å². The van der Waals surface area contributed by atoms with E-state index in [0.29, 0.717) is 0 Å². The van der Waals surface area contributed by atoms with Crippen LogP contribution in [0.2, 0.25) is 0 Å².